The maximum Gasteiger partial charge on any atom is 0.319 e. The lowest BCUT2D eigenvalue weighted by Crippen LogP contribution is -2.29. The maximum absolute atomic E-state index is 11.4. The standard InChI is InChI=1S/C12H17N3O/c1-2-6-14-12(16)15-10-3-4-11-9(8-10)5-7-13-11/h3-4,8,13H,2,5-7H2,1H3,(H2,14,15,16). The molecule has 4 heteroatoms. The molecule has 2 amide bonds. The van der Waals surface area contributed by atoms with E-state index in [4.69, 9.17) is 0 Å². The molecule has 1 aromatic carbocycles. The van der Waals surface area contributed by atoms with Crippen LogP contribution in [-0.2, 0) is 6.42 Å². The zero-order valence-electron chi connectivity index (χ0n) is 9.47. The molecule has 0 aliphatic carbocycles. The van der Waals surface area contributed by atoms with Crippen molar-refractivity contribution in [2.75, 3.05) is 23.7 Å². The van der Waals surface area contributed by atoms with Crippen molar-refractivity contribution in [3.05, 3.63) is 23.8 Å². The van der Waals surface area contributed by atoms with E-state index in [2.05, 4.69) is 16.0 Å². The Balaban J connectivity index is 1.97. The Kier molecular flexibility index (Phi) is 3.29. The summed E-state index contributed by atoms with van der Waals surface area (Å²) >= 11 is 0. The van der Waals surface area contributed by atoms with E-state index in [1.165, 1.54) is 11.3 Å². The molecular formula is C12H17N3O. The lowest BCUT2D eigenvalue weighted by molar-refractivity contribution is 0.252. The van der Waals surface area contributed by atoms with E-state index in [0.29, 0.717) is 6.54 Å². The van der Waals surface area contributed by atoms with Gasteiger partial charge in [-0.3, -0.25) is 0 Å². The number of amides is 2. The third kappa shape index (κ3) is 2.45. The highest BCUT2D eigenvalue weighted by Gasteiger charge is 2.10. The van der Waals surface area contributed by atoms with Crippen LogP contribution in [0.15, 0.2) is 18.2 Å². The van der Waals surface area contributed by atoms with Crippen molar-refractivity contribution in [1.29, 1.82) is 0 Å². The van der Waals surface area contributed by atoms with Gasteiger partial charge >= 0.3 is 6.03 Å². The fourth-order valence-electron chi connectivity index (χ4n) is 1.80. The number of rotatable bonds is 3. The highest BCUT2D eigenvalue weighted by molar-refractivity contribution is 5.89. The van der Waals surface area contributed by atoms with E-state index < -0.39 is 0 Å². The third-order valence-electron chi connectivity index (χ3n) is 2.61. The van der Waals surface area contributed by atoms with E-state index in [1.807, 2.05) is 25.1 Å². The molecule has 2 rings (SSSR count). The van der Waals surface area contributed by atoms with Crippen LogP contribution in [0, 0.1) is 0 Å². The van der Waals surface area contributed by atoms with Crippen molar-refractivity contribution in [3.63, 3.8) is 0 Å². The SMILES string of the molecule is CCCNC(=O)Nc1ccc2c(c1)CCN2. The molecule has 1 aromatic rings. The van der Waals surface area contributed by atoms with Crippen molar-refractivity contribution in [2.45, 2.75) is 19.8 Å². The molecule has 0 spiro atoms. The quantitative estimate of drug-likeness (QED) is 0.730. The molecule has 86 valence electrons. The second kappa shape index (κ2) is 4.88. The summed E-state index contributed by atoms with van der Waals surface area (Å²) in [5.74, 6) is 0. The predicted octanol–water partition coefficient (Wildman–Crippen LogP) is 2.19. The first-order valence-electron chi connectivity index (χ1n) is 5.71. The summed E-state index contributed by atoms with van der Waals surface area (Å²) in [6.45, 7) is 3.72. The fourth-order valence-corrected chi connectivity index (χ4v) is 1.80. The minimum atomic E-state index is -0.132. The van der Waals surface area contributed by atoms with Gasteiger partial charge in [-0.2, -0.15) is 0 Å². The van der Waals surface area contributed by atoms with Crippen LogP contribution in [0.2, 0.25) is 0 Å². The highest BCUT2D eigenvalue weighted by atomic mass is 16.2. The van der Waals surface area contributed by atoms with E-state index in [0.717, 1.165) is 25.1 Å². The summed E-state index contributed by atoms with van der Waals surface area (Å²) < 4.78 is 0. The Labute approximate surface area is 95.4 Å². The third-order valence-corrected chi connectivity index (χ3v) is 2.61. The summed E-state index contributed by atoms with van der Waals surface area (Å²) in [5.41, 5.74) is 3.31. The molecule has 0 saturated heterocycles. The minimum absolute atomic E-state index is 0.132. The average molecular weight is 219 g/mol. The molecule has 0 unspecified atom stereocenters. The second-order valence-electron chi connectivity index (χ2n) is 3.93. The molecule has 16 heavy (non-hydrogen) atoms. The van der Waals surface area contributed by atoms with Gasteiger partial charge in [-0.1, -0.05) is 6.92 Å². The molecule has 1 aliphatic heterocycles. The Morgan fingerprint density at radius 2 is 2.38 bits per heavy atom. The molecular weight excluding hydrogens is 202 g/mol. The number of carbonyl (C=O) groups excluding carboxylic acids is 1. The van der Waals surface area contributed by atoms with Crippen LogP contribution in [0.1, 0.15) is 18.9 Å². The Morgan fingerprint density at radius 3 is 3.19 bits per heavy atom. The van der Waals surface area contributed by atoms with Crippen LogP contribution in [0.3, 0.4) is 0 Å². The highest BCUT2D eigenvalue weighted by Crippen LogP contribution is 2.25. The molecule has 4 nitrogen and oxygen atoms in total. The molecule has 0 saturated carbocycles. The number of hydrogen-bond acceptors (Lipinski definition) is 2. The first-order valence-corrected chi connectivity index (χ1v) is 5.71. The number of carbonyl (C=O) groups is 1. The fraction of sp³-hybridized carbons (Fsp3) is 0.417. The summed E-state index contributed by atoms with van der Waals surface area (Å²) in [6.07, 6.45) is 1.98. The minimum Gasteiger partial charge on any atom is -0.384 e. The second-order valence-corrected chi connectivity index (χ2v) is 3.93. The van der Waals surface area contributed by atoms with Gasteiger partial charge in [0.1, 0.15) is 0 Å². The molecule has 1 heterocycles. The topological polar surface area (TPSA) is 53.2 Å². The van der Waals surface area contributed by atoms with Gasteiger partial charge in [-0.15, -0.1) is 0 Å². The summed E-state index contributed by atoms with van der Waals surface area (Å²) in [7, 11) is 0. The summed E-state index contributed by atoms with van der Waals surface area (Å²) in [4.78, 5) is 11.4. The summed E-state index contributed by atoms with van der Waals surface area (Å²) in [6, 6.07) is 5.83. The van der Waals surface area contributed by atoms with Crippen LogP contribution >= 0.6 is 0 Å². The Morgan fingerprint density at radius 1 is 1.50 bits per heavy atom. The molecule has 0 fully saturated rings. The van der Waals surface area contributed by atoms with E-state index in [-0.39, 0.29) is 6.03 Å². The van der Waals surface area contributed by atoms with Gasteiger partial charge in [-0.25, -0.2) is 4.79 Å². The number of anilines is 2. The van der Waals surface area contributed by atoms with Gasteiger partial charge in [0.2, 0.25) is 0 Å². The Hall–Kier alpha value is -1.71. The van der Waals surface area contributed by atoms with Crippen molar-refractivity contribution >= 4 is 17.4 Å². The van der Waals surface area contributed by atoms with Crippen LogP contribution < -0.4 is 16.0 Å². The van der Waals surface area contributed by atoms with Gasteiger partial charge in [0, 0.05) is 24.5 Å². The molecule has 0 aromatic heterocycles. The molecule has 0 radical (unpaired) electrons. The van der Waals surface area contributed by atoms with Crippen LogP contribution in [0.5, 0.6) is 0 Å². The normalized spacial score (nSPS) is 12.8. The van der Waals surface area contributed by atoms with Crippen LogP contribution in [0.4, 0.5) is 16.2 Å². The van der Waals surface area contributed by atoms with Crippen LogP contribution in [0.25, 0.3) is 0 Å². The van der Waals surface area contributed by atoms with Gasteiger partial charge in [-0.05, 0) is 36.6 Å². The van der Waals surface area contributed by atoms with Crippen molar-refractivity contribution in [2.24, 2.45) is 0 Å². The van der Waals surface area contributed by atoms with Crippen molar-refractivity contribution in [1.82, 2.24) is 5.32 Å². The van der Waals surface area contributed by atoms with E-state index >= 15 is 0 Å². The number of urea groups is 1. The Bertz CT molecular complexity index is 390. The van der Waals surface area contributed by atoms with E-state index in [9.17, 15) is 4.79 Å². The first kappa shape index (κ1) is 10.8. The lowest BCUT2D eigenvalue weighted by Gasteiger charge is -2.08. The zero-order chi connectivity index (χ0) is 11.4. The van der Waals surface area contributed by atoms with Gasteiger partial charge in [0.15, 0.2) is 0 Å². The van der Waals surface area contributed by atoms with Crippen molar-refractivity contribution in [3.8, 4) is 0 Å². The molecule has 0 bridgehead atoms. The number of benzene rings is 1. The molecule has 3 N–H and O–H groups in total. The van der Waals surface area contributed by atoms with E-state index in [1.54, 1.807) is 0 Å². The number of nitrogens with one attached hydrogen (secondary N) is 3. The number of hydrogen-bond donors (Lipinski definition) is 3. The van der Waals surface area contributed by atoms with Gasteiger partial charge in [0.25, 0.3) is 0 Å². The smallest absolute Gasteiger partial charge is 0.319 e. The van der Waals surface area contributed by atoms with Gasteiger partial charge in [0.05, 0.1) is 0 Å². The molecule has 1 aliphatic rings. The average Bonchev–Trinajstić information content (AvgIpc) is 2.73. The lowest BCUT2D eigenvalue weighted by atomic mass is 10.1. The van der Waals surface area contributed by atoms with Crippen LogP contribution in [-0.4, -0.2) is 19.1 Å². The molecule has 0 atom stereocenters. The van der Waals surface area contributed by atoms with Gasteiger partial charge < -0.3 is 16.0 Å². The number of fused-ring (bicyclic) bond motifs is 1. The maximum atomic E-state index is 11.4. The summed E-state index contributed by atoms with van der Waals surface area (Å²) in [5, 5.41) is 8.90. The zero-order valence-corrected chi connectivity index (χ0v) is 9.47. The van der Waals surface area contributed by atoms with Crippen molar-refractivity contribution < 1.29 is 4.79 Å². The monoisotopic (exact) mass is 219 g/mol. The largest absolute Gasteiger partial charge is 0.384 e. The predicted molar refractivity (Wildman–Crippen MR) is 65.9 cm³/mol. The first-order chi connectivity index (χ1) is 7.79.